The quantitative estimate of drug-likeness (QED) is 0.691. The minimum absolute atomic E-state index is 0.0660. The van der Waals surface area contributed by atoms with Crippen LogP contribution in [0, 0.1) is 0 Å². The first-order chi connectivity index (χ1) is 14.4. The maximum atomic E-state index is 12.7. The SMILES string of the molecule is O=C(CN1C(=O)NC(c2ccc(Cl)cc2)C2=C1COC2=O)NCc1ccccc1Cl. The molecule has 2 heterocycles. The maximum Gasteiger partial charge on any atom is 0.338 e. The van der Waals surface area contributed by atoms with Crippen LogP contribution in [0.25, 0.3) is 0 Å². The van der Waals surface area contributed by atoms with Crippen LogP contribution in [0.15, 0.2) is 59.8 Å². The van der Waals surface area contributed by atoms with E-state index in [0.717, 1.165) is 5.56 Å². The van der Waals surface area contributed by atoms with Gasteiger partial charge in [-0.2, -0.15) is 0 Å². The fourth-order valence-electron chi connectivity index (χ4n) is 3.42. The molecule has 2 aliphatic rings. The molecule has 1 unspecified atom stereocenters. The summed E-state index contributed by atoms with van der Waals surface area (Å²) in [5.74, 6) is -0.910. The summed E-state index contributed by atoms with van der Waals surface area (Å²) >= 11 is 12.0. The van der Waals surface area contributed by atoms with Crippen molar-refractivity contribution in [3.05, 3.63) is 81.0 Å². The summed E-state index contributed by atoms with van der Waals surface area (Å²) in [6.07, 6.45) is 0. The van der Waals surface area contributed by atoms with Gasteiger partial charge in [0.25, 0.3) is 0 Å². The number of halogens is 2. The molecule has 4 rings (SSSR count). The van der Waals surface area contributed by atoms with E-state index in [1.807, 2.05) is 6.07 Å². The summed E-state index contributed by atoms with van der Waals surface area (Å²) in [6, 6.07) is 12.8. The van der Waals surface area contributed by atoms with Gasteiger partial charge in [0, 0.05) is 16.6 Å². The van der Waals surface area contributed by atoms with Crippen LogP contribution in [0.5, 0.6) is 0 Å². The Morgan fingerprint density at radius 1 is 1.13 bits per heavy atom. The molecule has 3 amide bonds. The van der Waals surface area contributed by atoms with E-state index in [4.69, 9.17) is 27.9 Å². The third kappa shape index (κ3) is 3.99. The number of esters is 1. The molecule has 2 aromatic rings. The molecule has 2 N–H and O–H groups in total. The number of nitrogens with zero attached hydrogens (tertiary/aromatic N) is 1. The van der Waals surface area contributed by atoms with Gasteiger partial charge in [-0.3, -0.25) is 9.69 Å². The molecular weight excluding hydrogens is 429 g/mol. The van der Waals surface area contributed by atoms with Crippen molar-refractivity contribution < 1.29 is 19.1 Å². The van der Waals surface area contributed by atoms with E-state index in [0.29, 0.717) is 26.9 Å². The molecule has 0 fully saturated rings. The van der Waals surface area contributed by atoms with Crippen molar-refractivity contribution in [1.82, 2.24) is 15.5 Å². The van der Waals surface area contributed by atoms with Crippen molar-refractivity contribution >= 4 is 41.1 Å². The molecule has 0 aromatic heterocycles. The third-order valence-electron chi connectivity index (χ3n) is 4.94. The highest BCUT2D eigenvalue weighted by Gasteiger charge is 2.42. The van der Waals surface area contributed by atoms with Gasteiger partial charge in [-0.05, 0) is 29.3 Å². The fourth-order valence-corrected chi connectivity index (χ4v) is 3.75. The number of amides is 3. The number of urea groups is 1. The van der Waals surface area contributed by atoms with Crippen molar-refractivity contribution in [2.45, 2.75) is 12.6 Å². The van der Waals surface area contributed by atoms with Crippen molar-refractivity contribution in [1.29, 1.82) is 0 Å². The fraction of sp³-hybridized carbons (Fsp3) is 0.190. The van der Waals surface area contributed by atoms with Crippen molar-refractivity contribution in [3.8, 4) is 0 Å². The highest BCUT2D eigenvalue weighted by Crippen LogP contribution is 2.35. The van der Waals surface area contributed by atoms with E-state index in [1.54, 1.807) is 42.5 Å². The number of hydrogen-bond acceptors (Lipinski definition) is 4. The van der Waals surface area contributed by atoms with Crippen molar-refractivity contribution in [2.75, 3.05) is 13.2 Å². The van der Waals surface area contributed by atoms with Crippen LogP contribution >= 0.6 is 23.2 Å². The van der Waals surface area contributed by atoms with E-state index in [2.05, 4.69) is 10.6 Å². The zero-order valence-electron chi connectivity index (χ0n) is 15.7. The first kappa shape index (κ1) is 20.3. The van der Waals surface area contributed by atoms with Crippen LogP contribution < -0.4 is 10.6 Å². The molecule has 154 valence electrons. The van der Waals surface area contributed by atoms with Crippen LogP contribution in [-0.2, 0) is 20.9 Å². The van der Waals surface area contributed by atoms with E-state index in [1.165, 1.54) is 4.90 Å². The first-order valence-corrected chi connectivity index (χ1v) is 9.93. The van der Waals surface area contributed by atoms with Gasteiger partial charge in [-0.25, -0.2) is 9.59 Å². The summed E-state index contributed by atoms with van der Waals surface area (Å²) < 4.78 is 5.16. The second-order valence-corrected chi connectivity index (χ2v) is 7.67. The number of ether oxygens (including phenoxy) is 1. The average molecular weight is 446 g/mol. The lowest BCUT2D eigenvalue weighted by molar-refractivity contribution is -0.136. The Bertz CT molecular complexity index is 1050. The molecule has 0 aliphatic carbocycles. The number of nitrogens with one attached hydrogen (secondary N) is 2. The molecule has 7 nitrogen and oxygen atoms in total. The summed E-state index contributed by atoms with van der Waals surface area (Å²) in [5.41, 5.74) is 2.16. The van der Waals surface area contributed by atoms with Crippen LogP contribution in [0.3, 0.4) is 0 Å². The summed E-state index contributed by atoms with van der Waals surface area (Å²) in [6.45, 7) is -0.0920. The Morgan fingerprint density at radius 2 is 1.87 bits per heavy atom. The van der Waals surface area contributed by atoms with Gasteiger partial charge in [-0.1, -0.05) is 53.5 Å². The molecule has 2 aliphatic heterocycles. The van der Waals surface area contributed by atoms with Crippen LogP contribution in [-0.4, -0.2) is 36.0 Å². The Balaban J connectivity index is 1.52. The highest BCUT2D eigenvalue weighted by molar-refractivity contribution is 6.31. The van der Waals surface area contributed by atoms with Crippen molar-refractivity contribution in [2.24, 2.45) is 0 Å². The van der Waals surface area contributed by atoms with Gasteiger partial charge < -0.3 is 15.4 Å². The first-order valence-electron chi connectivity index (χ1n) is 9.18. The largest absolute Gasteiger partial charge is 0.456 e. The van der Waals surface area contributed by atoms with E-state index in [9.17, 15) is 14.4 Å². The molecule has 1 atom stereocenters. The lowest BCUT2D eigenvalue weighted by atomic mass is 9.96. The number of carbonyl (C=O) groups excluding carboxylic acids is 3. The molecule has 0 spiro atoms. The Hall–Kier alpha value is -3.03. The van der Waals surface area contributed by atoms with Gasteiger partial charge >= 0.3 is 12.0 Å². The lowest BCUT2D eigenvalue weighted by Gasteiger charge is -2.32. The number of cyclic esters (lactones) is 1. The molecule has 0 bridgehead atoms. The minimum atomic E-state index is -0.665. The predicted octanol–water partition coefficient (Wildman–Crippen LogP) is 3.19. The highest BCUT2D eigenvalue weighted by atomic mass is 35.5. The molecule has 30 heavy (non-hydrogen) atoms. The van der Waals surface area contributed by atoms with Crippen LogP contribution in [0.2, 0.25) is 10.0 Å². The standard InChI is InChI=1S/C21H17Cl2N3O4/c22-14-7-5-12(6-8-14)19-18-16(11-30-20(18)28)26(21(29)25-19)10-17(27)24-9-13-3-1-2-4-15(13)23/h1-8,19H,9-11H2,(H,24,27)(H,25,29). The Morgan fingerprint density at radius 3 is 2.60 bits per heavy atom. The van der Waals surface area contributed by atoms with Gasteiger partial charge in [0.15, 0.2) is 0 Å². The van der Waals surface area contributed by atoms with Crippen LogP contribution in [0.4, 0.5) is 4.79 Å². The molecule has 9 heteroatoms. The molecule has 0 saturated heterocycles. The predicted molar refractivity (Wildman–Crippen MR) is 111 cm³/mol. The number of rotatable bonds is 5. The molecule has 2 aromatic carbocycles. The molecule has 0 radical (unpaired) electrons. The Kier molecular flexibility index (Phi) is 5.65. The molecular formula is C21H17Cl2N3O4. The van der Waals surface area contributed by atoms with Gasteiger partial charge in [0.2, 0.25) is 5.91 Å². The van der Waals surface area contributed by atoms with Crippen LogP contribution in [0.1, 0.15) is 17.2 Å². The minimum Gasteiger partial charge on any atom is -0.456 e. The third-order valence-corrected chi connectivity index (χ3v) is 5.56. The van der Waals surface area contributed by atoms with Gasteiger partial charge in [-0.15, -0.1) is 0 Å². The maximum absolute atomic E-state index is 12.7. The lowest BCUT2D eigenvalue weighted by Crippen LogP contribution is -2.50. The number of hydrogen-bond donors (Lipinski definition) is 2. The van der Waals surface area contributed by atoms with Crippen molar-refractivity contribution in [3.63, 3.8) is 0 Å². The summed E-state index contributed by atoms with van der Waals surface area (Å²) in [5, 5.41) is 6.60. The second kappa shape index (κ2) is 8.38. The van der Waals surface area contributed by atoms with E-state index < -0.39 is 18.0 Å². The Labute approximate surface area is 182 Å². The van der Waals surface area contributed by atoms with Gasteiger partial charge in [0.05, 0.1) is 17.3 Å². The normalized spacial score (nSPS) is 18.1. The summed E-state index contributed by atoms with van der Waals surface area (Å²) in [4.78, 5) is 38.8. The average Bonchev–Trinajstić information content (AvgIpc) is 3.11. The zero-order chi connectivity index (χ0) is 21.3. The summed E-state index contributed by atoms with van der Waals surface area (Å²) in [7, 11) is 0. The second-order valence-electron chi connectivity index (χ2n) is 6.82. The topological polar surface area (TPSA) is 87.7 Å². The zero-order valence-corrected chi connectivity index (χ0v) is 17.2. The van der Waals surface area contributed by atoms with E-state index in [-0.39, 0.29) is 25.6 Å². The smallest absolute Gasteiger partial charge is 0.338 e. The van der Waals surface area contributed by atoms with E-state index >= 15 is 0 Å². The number of carbonyl (C=O) groups is 3. The molecule has 0 saturated carbocycles. The monoisotopic (exact) mass is 445 g/mol. The van der Waals surface area contributed by atoms with Gasteiger partial charge in [0.1, 0.15) is 13.2 Å². The number of benzene rings is 2.